The topological polar surface area (TPSA) is 33.4 Å². The Kier molecular flexibility index (Phi) is 4.16. The fourth-order valence-corrected chi connectivity index (χ4v) is 4.36. The van der Waals surface area contributed by atoms with Crippen LogP contribution in [0.15, 0.2) is 48.8 Å². The molecule has 0 aliphatic carbocycles. The largest absolute Gasteiger partial charge is 0.326 e. The maximum Gasteiger partial charge on any atom is 0.141 e. The van der Waals surface area contributed by atoms with Crippen LogP contribution in [0.5, 0.6) is 0 Å². The van der Waals surface area contributed by atoms with E-state index in [1.807, 2.05) is 13.1 Å². The molecule has 4 heterocycles. The second-order valence-electron chi connectivity index (χ2n) is 8.21. The minimum absolute atomic E-state index is 1.01. The highest BCUT2D eigenvalue weighted by Crippen LogP contribution is 2.37. The van der Waals surface area contributed by atoms with E-state index in [0.29, 0.717) is 0 Å². The molecule has 1 aliphatic heterocycles. The first-order valence-corrected chi connectivity index (χ1v) is 10.3. The third-order valence-corrected chi connectivity index (χ3v) is 5.94. The first-order chi connectivity index (χ1) is 14.0. The molecule has 0 saturated heterocycles. The maximum absolute atomic E-state index is 5.00. The van der Waals surface area contributed by atoms with Gasteiger partial charge in [-0.3, -0.25) is 9.38 Å². The van der Waals surface area contributed by atoms with Crippen molar-refractivity contribution in [3.8, 4) is 11.1 Å². The van der Waals surface area contributed by atoms with Crippen LogP contribution in [0, 0.1) is 27.7 Å². The lowest BCUT2D eigenvalue weighted by Crippen LogP contribution is -2.26. The van der Waals surface area contributed by atoms with Crippen molar-refractivity contribution in [2.75, 3.05) is 11.4 Å². The summed E-state index contributed by atoms with van der Waals surface area (Å²) in [6.45, 7) is 9.55. The van der Waals surface area contributed by atoms with Crippen molar-refractivity contribution in [2.24, 2.45) is 0 Å². The van der Waals surface area contributed by atoms with Gasteiger partial charge in [0.05, 0.1) is 5.69 Å². The van der Waals surface area contributed by atoms with Gasteiger partial charge in [-0.25, -0.2) is 4.98 Å². The number of nitrogens with zero attached hydrogens (tertiary/aromatic N) is 4. The molecule has 0 atom stereocenters. The van der Waals surface area contributed by atoms with Crippen molar-refractivity contribution in [1.82, 2.24) is 14.4 Å². The van der Waals surface area contributed by atoms with Crippen LogP contribution in [0.2, 0.25) is 0 Å². The third kappa shape index (κ3) is 3.00. The van der Waals surface area contributed by atoms with Crippen LogP contribution in [0.3, 0.4) is 0 Å². The highest BCUT2D eigenvalue weighted by atomic mass is 15.3. The fraction of sp³-hybridized carbons (Fsp3) is 0.280. The van der Waals surface area contributed by atoms with E-state index in [9.17, 15) is 0 Å². The number of aromatic nitrogens is 3. The summed E-state index contributed by atoms with van der Waals surface area (Å²) >= 11 is 0. The van der Waals surface area contributed by atoms with E-state index >= 15 is 0 Å². The summed E-state index contributed by atoms with van der Waals surface area (Å²) in [5.41, 5.74) is 10.7. The van der Waals surface area contributed by atoms with Gasteiger partial charge in [0, 0.05) is 41.4 Å². The molecule has 0 unspecified atom stereocenters. The van der Waals surface area contributed by atoms with Crippen molar-refractivity contribution >= 4 is 17.2 Å². The summed E-state index contributed by atoms with van der Waals surface area (Å²) in [7, 11) is 0. The smallest absolute Gasteiger partial charge is 0.141 e. The predicted molar refractivity (Wildman–Crippen MR) is 119 cm³/mol. The Bertz CT molecular complexity index is 1220. The van der Waals surface area contributed by atoms with E-state index in [1.54, 1.807) is 0 Å². The molecule has 1 aliphatic rings. The van der Waals surface area contributed by atoms with Crippen molar-refractivity contribution in [3.63, 3.8) is 0 Å². The number of rotatable bonds is 2. The van der Waals surface area contributed by atoms with Gasteiger partial charge in [0.15, 0.2) is 0 Å². The van der Waals surface area contributed by atoms with Gasteiger partial charge in [0.2, 0.25) is 0 Å². The lowest BCUT2D eigenvalue weighted by Gasteiger charge is -2.30. The minimum Gasteiger partial charge on any atom is -0.326 e. The summed E-state index contributed by atoms with van der Waals surface area (Å²) < 4.78 is 2.28. The molecule has 0 spiro atoms. The molecule has 29 heavy (non-hydrogen) atoms. The van der Waals surface area contributed by atoms with Gasteiger partial charge in [-0.15, -0.1) is 0 Å². The predicted octanol–water partition coefficient (Wildman–Crippen LogP) is 5.71. The quantitative estimate of drug-likeness (QED) is 0.445. The normalized spacial score (nSPS) is 13.7. The number of hydrogen-bond acceptors (Lipinski definition) is 3. The zero-order chi connectivity index (χ0) is 20.1. The van der Waals surface area contributed by atoms with Gasteiger partial charge >= 0.3 is 0 Å². The average Bonchev–Trinajstić information content (AvgIpc) is 3.07. The van der Waals surface area contributed by atoms with E-state index in [1.165, 1.54) is 39.5 Å². The van der Waals surface area contributed by atoms with E-state index < -0.39 is 0 Å². The SMILES string of the molecule is Cc1ccc(C)c(N2CCCc3nc4cc(C)c(-c5ccc(C)nc5)cn4c32)c1. The van der Waals surface area contributed by atoms with Crippen molar-refractivity contribution in [2.45, 2.75) is 40.5 Å². The molecule has 4 heteroatoms. The van der Waals surface area contributed by atoms with E-state index in [0.717, 1.165) is 36.3 Å². The number of imidazole rings is 1. The summed E-state index contributed by atoms with van der Waals surface area (Å²) in [5, 5.41) is 0. The molecule has 4 aromatic rings. The summed E-state index contributed by atoms with van der Waals surface area (Å²) in [6, 6.07) is 13.1. The number of pyridine rings is 2. The first kappa shape index (κ1) is 17.9. The van der Waals surface area contributed by atoms with Gasteiger partial charge in [-0.05, 0) is 75.4 Å². The third-order valence-electron chi connectivity index (χ3n) is 5.94. The molecular formula is C25H26N4. The number of fused-ring (bicyclic) bond motifs is 3. The van der Waals surface area contributed by atoms with Gasteiger partial charge in [0.1, 0.15) is 11.5 Å². The highest BCUT2D eigenvalue weighted by molar-refractivity contribution is 5.74. The molecule has 146 valence electrons. The molecule has 0 fully saturated rings. The van der Waals surface area contributed by atoms with Crippen LogP contribution in [0.4, 0.5) is 11.5 Å². The second kappa shape index (κ2) is 6.73. The number of aryl methyl sites for hydroxylation is 5. The van der Waals surface area contributed by atoms with Crippen LogP contribution in [0.1, 0.15) is 34.5 Å². The van der Waals surface area contributed by atoms with Crippen molar-refractivity contribution in [3.05, 3.63) is 76.9 Å². The Morgan fingerprint density at radius 2 is 1.79 bits per heavy atom. The number of anilines is 2. The standard InChI is InChI=1S/C25H26N4/c1-16-7-8-17(2)23(12-16)28-11-5-6-22-25(28)29-15-21(18(3)13-24(29)27-22)20-10-9-19(4)26-14-20/h7-10,12-15H,5-6,11H2,1-4H3. The Hall–Kier alpha value is -3.14. The first-order valence-electron chi connectivity index (χ1n) is 10.3. The molecule has 4 nitrogen and oxygen atoms in total. The molecule has 1 aromatic carbocycles. The zero-order valence-corrected chi connectivity index (χ0v) is 17.5. The van der Waals surface area contributed by atoms with Gasteiger partial charge in [0.25, 0.3) is 0 Å². The molecule has 0 N–H and O–H groups in total. The lowest BCUT2D eigenvalue weighted by atomic mass is 10.0. The molecule has 0 saturated carbocycles. The Morgan fingerprint density at radius 1 is 0.931 bits per heavy atom. The number of benzene rings is 1. The van der Waals surface area contributed by atoms with Crippen LogP contribution >= 0.6 is 0 Å². The van der Waals surface area contributed by atoms with Crippen molar-refractivity contribution < 1.29 is 0 Å². The summed E-state index contributed by atoms with van der Waals surface area (Å²) in [6.07, 6.45) is 6.36. The molecule has 0 bridgehead atoms. The molecule has 0 amide bonds. The van der Waals surface area contributed by atoms with Gasteiger partial charge < -0.3 is 4.90 Å². The monoisotopic (exact) mass is 382 g/mol. The maximum atomic E-state index is 5.00. The van der Waals surface area contributed by atoms with E-state index in [4.69, 9.17) is 4.98 Å². The van der Waals surface area contributed by atoms with E-state index in [2.05, 4.69) is 77.7 Å². The zero-order valence-electron chi connectivity index (χ0n) is 17.5. The van der Waals surface area contributed by atoms with Crippen LogP contribution in [-0.4, -0.2) is 20.9 Å². The van der Waals surface area contributed by atoms with Crippen LogP contribution in [-0.2, 0) is 6.42 Å². The van der Waals surface area contributed by atoms with E-state index in [-0.39, 0.29) is 0 Å². The molecule has 0 radical (unpaired) electrons. The van der Waals surface area contributed by atoms with Gasteiger partial charge in [-0.1, -0.05) is 18.2 Å². The highest BCUT2D eigenvalue weighted by Gasteiger charge is 2.25. The summed E-state index contributed by atoms with van der Waals surface area (Å²) in [5.74, 6) is 1.21. The van der Waals surface area contributed by atoms with Gasteiger partial charge in [-0.2, -0.15) is 0 Å². The van der Waals surface area contributed by atoms with Crippen LogP contribution in [0.25, 0.3) is 16.8 Å². The average molecular weight is 383 g/mol. The number of hydrogen-bond donors (Lipinski definition) is 0. The molecular weight excluding hydrogens is 356 g/mol. The van der Waals surface area contributed by atoms with Crippen LogP contribution < -0.4 is 4.90 Å². The summed E-state index contributed by atoms with van der Waals surface area (Å²) in [4.78, 5) is 11.9. The molecule has 3 aromatic heterocycles. The molecule has 5 rings (SSSR count). The van der Waals surface area contributed by atoms with Crippen molar-refractivity contribution in [1.29, 1.82) is 0 Å². The Balaban J connectivity index is 1.73. The fourth-order valence-electron chi connectivity index (χ4n) is 4.36. The lowest BCUT2D eigenvalue weighted by molar-refractivity contribution is 0.742. The second-order valence-corrected chi connectivity index (χ2v) is 8.21. The Labute approximate surface area is 171 Å². The minimum atomic E-state index is 1.01. The Morgan fingerprint density at radius 3 is 2.59 bits per heavy atom.